The van der Waals surface area contributed by atoms with Gasteiger partial charge in [0.25, 0.3) is 0 Å². The SMILES string of the molecule is CCOC(=O)C1=C(C)NC(=O)NC1c1ccc(OCc2ccccc2)c(Cl)c1. The third kappa shape index (κ3) is 4.46. The van der Waals surface area contributed by atoms with Crippen molar-refractivity contribution in [2.24, 2.45) is 0 Å². The van der Waals surface area contributed by atoms with E-state index in [1.165, 1.54) is 0 Å². The van der Waals surface area contributed by atoms with Crippen molar-refractivity contribution in [1.29, 1.82) is 0 Å². The summed E-state index contributed by atoms with van der Waals surface area (Å²) in [5.41, 5.74) is 2.48. The van der Waals surface area contributed by atoms with Crippen LogP contribution >= 0.6 is 11.6 Å². The molecule has 0 spiro atoms. The van der Waals surface area contributed by atoms with E-state index >= 15 is 0 Å². The Kier molecular flexibility index (Phi) is 6.21. The number of halogens is 1. The molecule has 1 atom stereocenters. The van der Waals surface area contributed by atoms with Crippen LogP contribution in [0.2, 0.25) is 5.02 Å². The second-order valence-corrected chi connectivity index (χ2v) is 6.66. The molecule has 1 aliphatic heterocycles. The van der Waals surface area contributed by atoms with E-state index in [1.807, 2.05) is 30.3 Å². The highest BCUT2D eigenvalue weighted by Gasteiger charge is 2.32. The molecule has 0 aliphatic carbocycles. The van der Waals surface area contributed by atoms with E-state index in [2.05, 4.69) is 10.6 Å². The fourth-order valence-corrected chi connectivity index (χ4v) is 3.22. The van der Waals surface area contributed by atoms with Gasteiger partial charge < -0.3 is 20.1 Å². The minimum absolute atomic E-state index is 0.239. The van der Waals surface area contributed by atoms with Crippen LogP contribution in [-0.4, -0.2) is 18.6 Å². The number of carbonyl (C=O) groups excluding carboxylic acids is 2. The van der Waals surface area contributed by atoms with Gasteiger partial charge in [-0.1, -0.05) is 48.0 Å². The summed E-state index contributed by atoms with van der Waals surface area (Å²) in [7, 11) is 0. The second kappa shape index (κ2) is 8.80. The molecule has 2 aromatic rings. The maximum absolute atomic E-state index is 12.4. The third-order valence-corrected chi connectivity index (χ3v) is 4.59. The second-order valence-electron chi connectivity index (χ2n) is 6.25. The van der Waals surface area contributed by atoms with Gasteiger partial charge in [0.05, 0.1) is 23.2 Å². The summed E-state index contributed by atoms with van der Waals surface area (Å²) < 4.78 is 10.9. The number of carbonyl (C=O) groups is 2. The van der Waals surface area contributed by atoms with Gasteiger partial charge in [-0.15, -0.1) is 0 Å². The number of nitrogens with one attached hydrogen (secondary N) is 2. The van der Waals surface area contributed by atoms with Gasteiger partial charge in [-0.2, -0.15) is 0 Å². The lowest BCUT2D eigenvalue weighted by Crippen LogP contribution is -2.45. The van der Waals surface area contributed by atoms with E-state index < -0.39 is 18.0 Å². The van der Waals surface area contributed by atoms with E-state index in [-0.39, 0.29) is 6.61 Å². The Labute approximate surface area is 168 Å². The van der Waals surface area contributed by atoms with Crippen molar-refractivity contribution in [3.8, 4) is 5.75 Å². The largest absolute Gasteiger partial charge is 0.487 e. The zero-order valence-electron chi connectivity index (χ0n) is 15.6. The van der Waals surface area contributed by atoms with E-state index in [0.717, 1.165) is 5.56 Å². The van der Waals surface area contributed by atoms with Gasteiger partial charge in [0, 0.05) is 5.70 Å². The highest BCUT2D eigenvalue weighted by atomic mass is 35.5. The molecule has 0 saturated carbocycles. The number of urea groups is 1. The predicted octanol–water partition coefficient (Wildman–Crippen LogP) is 4.11. The van der Waals surface area contributed by atoms with Crippen molar-refractivity contribution in [3.63, 3.8) is 0 Å². The summed E-state index contributed by atoms with van der Waals surface area (Å²) in [4.78, 5) is 24.3. The fraction of sp³-hybridized carbons (Fsp3) is 0.238. The topological polar surface area (TPSA) is 76.7 Å². The number of amides is 2. The number of benzene rings is 2. The van der Waals surface area contributed by atoms with Gasteiger partial charge in [0.15, 0.2) is 0 Å². The highest BCUT2D eigenvalue weighted by Crippen LogP contribution is 2.33. The molecule has 0 fully saturated rings. The van der Waals surface area contributed by atoms with Gasteiger partial charge in [0.2, 0.25) is 0 Å². The number of hydrogen-bond acceptors (Lipinski definition) is 4. The molecule has 28 heavy (non-hydrogen) atoms. The average Bonchev–Trinajstić information content (AvgIpc) is 2.67. The standard InChI is InChI=1S/C21H21ClN2O4/c1-3-27-20(25)18-13(2)23-21(26)24-19(18)15-9-10-17(16(22)11-15)28-12-14-7-5-4-6-8-14/h4-11,19H,3,12H2,1-2H3,(H2,23,24,26). The number of hydrogen-bond donors (Lipinski definition) is 2. The Morgan fingerprint density at radius 3 is 2.61 bits per heavy atom. The smallest absolute Gasteiger partial charge is 0.338 e. The zero-order chi connectivity index (χ0) is 20.1. The summed E-state index contributed by atoms with van der Waals surface area (Å²) in [5, 5.41) is 5.74. The van der Waals surface area contributed by atoms with Crippen molar-refractivity contribution in [3.05, 3.63) is 76.0 Å². The van der Waals surface area contributed by atoms with Crippen LogP contribution in [-0.2, 0) is 16.1 Å². The van der Waals surface area contributed by atoms with Gasteiger partial charge in [-0.05, 0) is 37.1 Å². The monoisotopic (exact) mass is 400 g/mol. The third-order valence-electron chi connectivity index (χ3n) is 4.29. The first kappa shape index (κ1) is 19.8. The van der Waals surface area contributed by atoms with Crippen molar-refractivity contribution in [1.82, 2.24) is 10.6 Å². The van der Waals surface area contributed by atoms with Gasteiger partial charge >= 0.3 is 12.0 Å². The molecule has 3 rings (SSSR count). The zero-order valence-corrected chi connectivity index (χ0v) is 16.4. The normalized spacial score (nSPS) is 16.2. The molecule has 1 heterocycles. The van der Waals surface area contributed by atoms with Crippen LogP contribution in [0.5, 0.6) is 5.75 Å². The molecule has 1 unspecified atom stereocenters. The van der Waals surface area contributed by atoms with Crippen LogP contribution in [0, 0.1) is 0 Å². The van der Waals surface area contributed by atoms with E-state index in [9.17, 15) is 9.59 Å². The lowest BCUT2D eigenvalue weighted by atomic mass is 9.95. The fourth-order valence-electron chi connectivity index (χ4n) is 2.97. The first-order valence-corrected chi connectivity index (χ1v) is 9.29. The minimum atomic E-state index is -0.659. The molecule has 2 amide bonds. The van der Waals surface area contributed by atoms with E-state index in [1.54, 1.807) is 32.0 Å². The highest BCUT2D eigenvalue weighted by molar-refractivity contribution is 6.32. The Morgan fingerprint density at radius 1 is 1.18 bits per heavy atom. The number of rotatable bonds is 6. The van der Waals surface area contributed by atoms with Crippen LogP contribution in [0.4, 0.5) is 4.79 Å². The quantitative estimate of drug-likeness (QED) is 0.715. The molecule has 1 aliphatic rings. The van der Waals surface area contributed by atoms with Crippen LogP contribution < -0.4 is 15.4 Å². The Morgan fingerprint density at radius 2 is 1.93 bits per heavy atom. The van der Waals surface area contributed by atoms with Crippen LogP contribution in [0.15, 0.2) is 59.8 Å². The molecule has 0 saturated heterocycles. The Balaban J connectivity index is 1.83. The van der Waals surface area contributed by atoms with Gasteiger partial charge in [0.1, 0.15) is 12.4 Å². The average molecular weight is 401 g/mol. The Hall–Kier alpha value is -2.99. The molecule has 2 N–H and O–H groups in total. The molecule has 6 nitrogen and oxygen atoms in total. The molecule has 0 aromatic heterocycles. The minimum Gasteiger partial charge on any atom is -0.487 e. The molecule has 2 aromatic carbocycles. The summed E-state index contributed by atoms with van der Waals surface area (Å²) in [6.07, 6.45) is 0. The number of allylic oxidation sites excluding steroid dienone is 1. The van der Waals surface area contributed by atoms with E-state index in [0.29, 0.717) is 34.2 Å². The summed E-state index contributed by atoms with van der Waals surface area (Å²) in [6.45, 7) is 4.02. The lowest BCUT2D eigenvalue weighted by molar-refractivity contribution is -0.139. The maximum atomic E-state index is 12.4. The van der Waals surface area contributed by atoms with Crippen LogP contribution in [0.25, 0.3) is 0 Å². The Bertz CT molecular complexity index is 912. The summed E-state index contributed by atoms with van der Waals surface area (Å²) in [5.74, 6) is 0.0333. The predicted molar refractivity (Wildman–Crippen MR) is 106 cm³/mol. The van der Waals surface area contributed by atoms with Gasteiger partial charge in [-0.25, -0.2) is 9.59 Å². The maximum Gasteiger partial charge on any atom is 0.338 e. The van der Waals surface area contributed by atoms with Crippen LogP contribution in [0.3, 0.4) is 0 Å². The molecule has 0 bridgehead atoms. The lowest BCUT2D eigenvalue weighted by Gasteiger charge is -2.28. The first-order valence-electron chi connectivity index (χ1n) is 8.91. The van der Waals surface area contributed by atoms with E-state index in [4.69, 9.17) is 21.1 Å². The van der Waals surface area contributed by atoms with Crippen molar-refractivity contribution < 1.29 is 19.1 Å². The molecule has 0 radical (unpaired) electrons. The molecule has 7 heteroatoms. The van der Waals surface area contributed by atoms with Gasteiger partial charge in [-0.3, -0.25) is 0 Å². The number of ether oxygens (including phenoxy) is 2. The molecular weight excluding hydrogens is 380 g/mol. The van der Waals surface area contributed by atoms with Crippen LogP contribution in [0.1, 0.15) is 31.0 Å². The van der Waals surface area contributed by atoms with Crippen molar-refractivity contribution in [2.45, 2.75) is 26.5 Å². The van der Waals surface area contributed by atoms with Crippen molar-refractivity contribution in [2.75, 3.05) is 6.61 Å². The summed E-state index contributed by atoms with van der Waals surface area (Å²) in [6, 6.07) is 13.9. The molecular formula is C21H21ClN2O4. The molecule has 146 valence electrons. The first-order chi connectivity index (χ1) is 13.5. The van der Waals surface area contributed by atoms with Crippen molar-refractivity contribution >= 4 is 23.6 Å². The summed E-state index contributed by atoms with van der Waals surface area (Å²) >= 11 is 6.39. The number of esters is 1.